The Bertz CT molecular complexity index is 648. The molecule has 0 spiro atoms. The predicted octanol–water partition coefficient (Wildman–Crippen LogP) is 4.31. The number of rotatable bonds is 4. The summed E-state index contributed by atoms with van der Waals surface area (Å²) in [6.45, 7) is 0. The molecule has 2 aromatic rings. The van der Waals surface area contributed by atoms with Crippen molar-refractivity contribution in [2.24, 2.45) is 0 Å². The van der Waals surface area contributed by atoms with Gasteiger partial charge in [0.05, 0.1) is 10.6 Å². The van der Waals surface area contributed by atoms with Crippen molar-refractivity contribution in [1.82, 2.24) is 0 Å². The summed E-state index contributed by atoms with van der Waals surface area (Å²) in [4.78, 5) is 12.1. The molecule has 0 bridgehead atoms. The molecular weight excluding hydrogens is 291 g/mol. The largest absolute Gasteiger partial charge is 0.382 e. The summed E-state index contributed by atoms with van der Waals surface area (Å²) in [5.74, 6) is -1.19. The number of carbonyl (C=O) groups is 1. The van der Waals surface area contributed by atoms with Crippen molar-refractivity contribution in [2.75, 3.05) is 10.6 Å². The third kappa shape index (κ3) is 3.34. The number of anilines is 2. The van der Waals surface area contributed by atoms with E-state index < -0.39 is 11.7 Å². The van der Waals surface area contributed by atoms with Crippen molar-refractivity contribution in [2.45, 2.75) is 18.9 Å². The first kappa shape index (κ1) is 13.9. The molecule has 0 aromatic heterocycles. The third-order valence-corrected chi connectivity index (χ3v) is 3.60. The van der Waals surface area contributed by atoms with Crippen LogP contribution in [0.15, 0.2) is 42.5 Å². The van der Waals surface area contributed by atoms with Gasteiger partial charge < -0.3 is 10.6 Å². The maximum absolute atomic E-state index is 13.7. The van der Waals surface area contributed by atoms with Crippen LogP contribution in [-0.4, -0.2) is 11.9 Å². The zero-order valence-corrected chi connectivity index (χ0v) is 12.0. The highest BCUT2D eigenvalue weighted by molar-refractivity contribution is 6.34. The third-order valence-electron chi connectivity index (χ3n) is 3.28. The zero-order valence-electron chi connectivity index (χ0n) is 11.2. The van der Waals surface area contributed by atoms with Gasteiger partial charge in [-0.05, 0) is 49.2 Å². The summed E-state index contributed by atoms with van der Waals surface area (Å²) < 4.78 is 13.7. The number of halogens is 2. The van der Waals surface area contributed by atoms with E-state index in [0.717, 1.165) is 5.69 Å². The van der Waals surface area contributed by atoms with Crippen LogP contribution in [0.4, 0.5) is 15.8 Å². The zero-order chi connectivity index (χ0) is 14.8. The Morgan fingerprint density at radius 2 is 1.76 bits per heavy atom. The second-order valence-electron chi connectivity index (χ2n) is 5.05. The van der Waals surface area contributed by atoms with Crippen LogP contribution in [0.2, 0.25) is 5.02 Å². The van der Waals surface area contributed by atoms with Crippen molar-refractivity contribution in [3.63, 3.8) is 0 Å². The predicted molar refractivity (Wildman–Crippen MR) is 82.4 cm³/mol. The Labute approximate surface area is 127 Å². The summed E-state index contributed by atoms with van der Waals surface area (Å²) in [6, 6.07) is 12.1. The molecule has 5 heteroatoms. The fourth-order valence-corrected chi connectivity index (χ4v) is 2.27. The molecule has 2 N–H and O–H groups in total. The highest BCUT2D eigenvalue weighted by Crippen LogP contribution is 2.26. The minimum absolute atomic E-state index is 0.0968. The molecule has 0 radical (unpaired) electrons. The number of hydrogen-bond acceptors (Lipinski definition) is 2. The van der Waals surface area contributed by atoms with Crippen molar-refractivity contribution < 1.29 is 9.18 Å². The van der Waals surface area contributed by atoms with Gasteiger partial charge in [-0.2, -0.15) is 0 Å². The topological polar surface area (TPSA) is 41.1 Å². The minimum Gasteiger partial charge on any atom is -0.382 e. The molecule has 3 nitrogen and oxygen atoms in total. The molecule has 21 heavy (non-hydrogen) atoms. The summed E-state index contributed by atoms with van der Waals surface area (Å²) >= 11 is 5.87. The first-order chi connectivity index (χ1) is 10.1. The molecule has 0 heterocycles. The lowest BCUT2D eigenvalue weighted by Crippen LogP contribution is -2.14. The maximum Gasteiger partial charge on any atom is 0.260 e. The normalized spacial score (nSPS) is 13.8. The van der Waals surface area contributed by atoms with Crippen molar-refractivity contribution >= 4 is 28.9 Å². The van der Waals surface area contributed by atoms with E-state index >= 15 is 0 Å². The van der Waals surface area contributed by atoms with E-state index in [-0.39, 0.29) is 10.6 Å². The highest BCUT2D eigenvalue weighted by atomic mass is 35.5. The van der Waals surface area contributed by atoms with Crippen LogP contribution in [-0.2, 0) is 0 Å². The Morgan fingerprint density at radius 1 is 1.10 bits per heavy atom. The fourth-order valence-electron chi connectivity index (χ4n) is 2.02. The van der Waals surface area contributed by atoms with E-state index in [1.807, 2.05) is 12.1 Å². The number of benzene rings is 2. The Balaban J connectivity index is 1.72. The molecule has 0 unspecified atom stereocenters. The van der Waals surface area contributed by atoms with Crippen LogP contribution in [0.25, 0.3) is 0 Å². The van der Waals surface area contributed by atoms with E-state index in [2.05, 4.69) is 10.6 Å². The van der Waals surface area contributed by atoms with Gasteiger partial charge >= 0.3 is 0 Å². The first-order valence-corrected chi connectivity index (χ1v) is 7.13. The smallest absolute Gasteiger partial charge is 0.260 e. The monoisotopic (exact) mass is 304 g/mol. The van der Waals surface area contributed by atoms with Crippen molar-refractivity contribution in [1.29, 1.82) is 0 Å². The van der Waals surface area contributed by atoms with Crippen LogP contribution < -0.4 is 10.6 Å². The molecule has 1 amide bonds. The molecule has 0 aliphatic heterocycles. The SMILES string of the molecule is O=C(Nc1ccc(NC2CC2)cc1)c1c(F)cccc1Cl. The average molecular weight is 305 g/mol. The molecule has 0 saturated heterocycles. The quantitative estimate of drug-likeness (QED) is 0.884. The van der Waals surface area contributed by atoms with Crippen LogP contribution in [0.1, 0.15) is 23.2 Å². The number of carbonyl (C=O) groups excluding carboxylic acids is 1. The maximum atomic E-state index is 13.7. The molecule has 1 saturated carbocycles. The molecule has 3 rings (SSSR count). The molecule has 1 aliphatic carbocycles. The molecular formula is C16H14ClFN2O. The van der Waals surface area contributed by atoms with Gasteiger partial charge in [0.1, 0.15) is 5.82 Å². The molecule has 1 fully saturated rings. The molecule has 0 atom stereocenters. The standard InChI is InChI=1S/C16H14ClFN2O/c17-13-2-1-3-14(18)15(13)16(21)20-12-8-6-11(7-9-12)19-10-4-5-10/h1-3,6-10,19H,4-5H2,(H,20,21). The second kappa shape index (κ2) is 5.74. The highest BCUT2D eigenvalue weighted by Gasteiger charge is 2.20. The summed E-state index contributed by atoms with van der Waals surface area (Å²) in [5, 5.41) is 6.09. The van der Waals surface area contributed by atoms with Gasteiger partial charge in [0.25, 0.3) is 5.91 Å². The van der Waals surface area contributed by atoms with E-state index in [1.165, 1.54) is 31.0 Å². The summed E-state index contributed by atoms with van der Waals surface area (Å²) in [6.07, 6.45) is 2.40. The van der Waals surface area contributed by atoms with Gasteiger partial charge in [-0.25, -0.2) is 4.39 Å². The van der Waals surface area contributed by atoms with Crippen LogP contribution in [0.3, 0.4) is 0 Å². The van der Waals surface area contributed by atoms with E-state index in [4.69, 9.17) is 11.6 Å². The van der Waals surface area contributed by atoms with Gasteiger partial charge in [-0.15, -0.1) is 0 Å². The van der Waals surface area contributed by atoms with Gasteiger partial charge in [-0.1, -0.05) is 17.7 Å². The molecule has 2 aromatic carbocycles. The number of nitrogens with one attached hydrogen (secondary N) is 2. The lowest BCUT2D eigenvalue weighted by molar-refractivity contribution is 0.102. The summed E-state index contributed by atoms with van der Waals surface area (Å²) in [7, 11) is 0. The number of hydrogen-bond donors (Lipinski definition) is 2. The molecule has 108 valence electrons. The van der Waals surface area contributed by atoms with Crippen molar-refractivity contribution in [3.05, 3.63) is 58.9 Å². The second-order valence-corrected chi connectivity index (χ2v) is 5.45. The first-order valence-electron chi connectivity index (χ1n) is 6.75. The van der Waals surface area contributed by atoms with Gasteiger partial charge in [0.15, 0.2) is 0 Å². The van der Waals surface area contributed by atoms with Gasteiger partial charge in [0, 0.05) is 17.4 Å². The number of amides is 1. The Hall–Kier alpha value is -2.07. The molecule has 1 aliphatic rings. The fraction of sp³-hybridized carbons (Fsp3) is 0.188. The van der Waals surface area contributed by atoms with E-state index in [1.54, 1.807) is 12.1 Å². The van der Waals surface area contributed by atoms with Gasteiger partial charge in [0.2, 0.25) is 0 Å². The van der Waals surface area contributed by atoms with Crippen LogP contribution in [0.5, 0.6) is 0 Å². The Morgan fingerprint density at radius 3 is 2.38 bits per heavy atom. The van der Waals surface area contributed by atoms with E-state index in [9.17, 15) is 9.18 Å². The van der Waals surface area contributed by atoms with Crippen molar-refractivity contribution in [3.8, 4) is 0 Å². The summed E-state index contributed by atoms with van der Waals surface area (Å²) in [5.41, 5.74) is 1.47. The van der Waals surface area contributed by atoms with Crippen LogP contribution in [0, 0.1) is 5.82 Å². The lowest BCUT2D eigenvalue weighted by atomic mass is 10.2. The van der Waals surface area contributed by atoms with Crippen LogP contribution >= 0.6 is 11.6 Å². The average Bonchev–Trinajstić information content (AvgIpc) is 3.25. The van der Waals surface area contributed by atoms with E-state index in [0.29, 0.717) is 11.7 Å². The Kier molecular flexibility index (Phi) is 3.80. The minimum atomic E-state index is -0.632. The lowest BCUT2D eigenvalue weighted by Gasteiger charge is -2.09. The van der Waals surface area contributed by atoms with Gasteiger partial charge in [-0.3, -0.25) is 4.79 Å².